The Kier molecular flexibility index (Phi) is 34.5. The van der Waals surface area contributed by atoms with E-state index in [1.54, 1.807) is 0 Å². The Morgan fingerprint density at radius 2 is 0.956 bits per heavy atom. The first kappa shape index (κ1) is 43.7. The minimum atomic E-state index is -0.865. The fraction of sp³-hybridized carbons (Fsp3) is 0.756. The predicted molar refractivity (Wildman–Crippen MR) is 201 cm³/mol. The summed E-state index contributed by atoms with van der Waals surface area (Å²) in [5, 5.41) is 0.960. The van der Waals surface area contributed by atoms with Gasteiger partial charge in [-0.05, 0) is 44.9 Å². The molecule has 3 nitrogen and oxygen atoms in total. The molecule has 0 spiro atoms. The maximum absolute atomic E-state index is 13.0. The molecule has 0 aliphatic heterocycles. The van der Waals surface area contributed by atoms with E-state index in [9.17, 15) is 9.59 Å². The second-order valence-corrected chi connectivity index (χ2v) is 18.5. The van der Waals surface area contributed by atoms with Crippen LogP contribution in [0.4, 0.5) is 0 Å². The van der Waals surface area contributed by atoms with E-state index in [2.05, 4.69) is 73.9 Å². The van der Waals surface area contributed by atoms with Gasteiger partial charge in [0.2, 0.25) is 0 Å². The van der Waals surface area contributed by atoms with Gasteiger partial charge in [-0.25, -0.2) is 0 Å². The Morgan fingerprint density at radius 1 is 0.533 bits per heavy atom. The number of ketones is 1. The van der Waals surface area contributed by atoms with Crippen LogP contribution in [-0.4, -0.2) is 32.5 Å². The normalized spacial score (nSPS) is 12.9. The van der Waals surface area contributed by atoms with Crippen LogP contribution in [0.5, 0.6) is 0 Å². The average molecular weight is 689 g/mol. The molecule has 0 heterocycles. The van der Waals surface area contributed by atoms with E-state index < -0.39 is 20.8 Å². The zero-order valence-corrected chi connectivity index (χ0v) is 32.1. The average Bonchev–Trinajstić information content (AvgIpc) is 3.03. The van der Waals surface area contributed by atoms with E-state index in [0.717, 1.165) is 56.6 Å². The maximum atomic E-state index is 13.0. The van der Waals surface area contributed by atoms with Gasteiger partial charge in [-0.1, -0.05) is 88.1 Å². The van der Waals surface area contributed by atoms with E-state index in [4.69, 9.17) is 4.74 Å². The van der Waals surface area contributed by atoms with Crippen LogP contribution in [0.1, 0.15) is 174 Å². The summed E-state index contributed by atoms with van der Waals surface area (Å²) in [7, 11) is 0. The SMILES string of the molecule is CCCCCC=CCC=CCCCCCCCC(=O)C(CCCCCCCC=CCC=CCCCCC)OC(=O)CC[As](C)C. The molecule has 1 unspecified atom stereocenters. The molecule has 0 bridgehead atoms. The molecule has 0 N–H and O–H groups in total. The first-order chi connectivity index (χ1) is 22.0. The van der Waals surface area contributed by atoms with Crippen molar-refractivity contribution in [2.24, 2.45) is 0 Å². The van der Waals surface area contributed by atoms with Gasteiger partial charge in [-0.2, -0.15) is 0 Å². The minimum absolute atomic E-state index is 0.140. The fourth-order valence-corrected chi connectivity index (χ4v) is 6.55. The third-order valence-corrected chi connectivity index (χ3v) is 10.5. The standard InChI is InChI=1S/C41H73AsO3/c1-5-7-9-11-13-15-17-19-21-23-25-27-29-31-33-35-39(43)40(45-41(44)37-38-42(3)4)36-34-32-30-28-26-24-22-20-18-16-14-12-10-8-6-2/h13-16,19-22,40H,5-12,17-18,23-38H2,1-4H3. The van der Waals surface area contributed by atoms with Crippen molar-refractivity contribution in [2.45, 2.75) is 197 Å². The van der Waals surface area contributed by atoms with Gasteiger partial charge in [0.15, 0.2) is 0 Å². The number of carbonyl (C=O) groups is 2. The van der Waals surface area contributed by atoms with Gasteiger partial charge in [0.1, 0.15) is 0 Å². The number of hydrogen-bond donors (Lipinski definition) is 0. The van der Waals surface area contributed by atoms with Crippen molar-refractivity contribution in [3.63, 3.8) is 0 Å². The first-order valence-electron chi connectivity index (χ1n) is 19.0. The van der Waals surface area contributed by atoms with Crippen LogP contribution < -0.4 is 0 Å². The number of esters is 1. The molecule has 45 heavy (non-hydrogen) atoms. The Balaban J connectivity index is 4.14. The van der Waals surface area contributed by atoms with Crippen LogP contribution >= 0.6 is 0 Å². The van der Waals surface area contributed by atoms with E-state index in [0.29, 0.717) is 19.3 Å². The van der Waals surface area contributed by atoms with Gasteiger partial charge < -0.3 is 0 Å². The number of ether oxygens (including phenoxy) is 1. The summed E-state index contributed by atoms with van der Waals surface area (Å²) in [5.41, 5.74) is 4.52. The molecule has 260 valence electrons. The number of Topliss-reactive ketones (excluding diaryl/α,β-unsaturated/α-hetero) is 1. The van der Waals surface area contributed by atoms with Crippen molar-refractivity contribution in [1.29, 1.82) is 0 Å². The third-order valence-electron chi connectivity index (χ3n) is 8.19. The molecule has 0 aliphatic rings. The van der Waals surface area contributed by atoms with Crippen molar-refractivity contribution < 1.29 is 14.3 Å². The Hall–Kier alpha value is -1.34. The number of unbranched alkanes of at least 4 members (excludes halogenated alkanes) is 16. The molecule has 0 saturated heterocycles. The number of allylic oxidation sites excluding steroid dienone is 8. The number of rotatable bonds is 33. The number of hydrogen-bond acceptors (Lipinski definition) is 3. The summed E-state index contributed by atoms with van der Waals surface area (Å²) < 4.78 is 5.76. The van der Waals surface area contributed by atoms with E-state index in [1.165, 1.54) is 89.9 Å². The van der Waals surface area contributed by atoms with Crippen LogP contribution in [-0.2, 0) is 14.3 Å². The van der Waals surface area contributed by atoms with E-state index in [1.807, 2.05) is 0 Å². The quantitative estimate of drug-likeness (QED) is 0.0298. The van der Waals surface area contributed by atoms with Gasteiger partial charge in [0, 0.05) is 0 Å². The van der Waals surface area contributed by atoms with E-state index >= 15 is 0 Å². The van der Waals surface area contributed by atoms with Crippen molar-refractivity contribution in [3.8, 4) is 0 Å². The summed E-state index contributed by atoms with van der Waals surface area (Å²) in [6.45, 7) is 4.50. The summed E-state index contributed by atoms with van der Waals surface area (Å²) in [4.78, 5) is 25.5. The molecular formula is C41H73AsO3. The molecule has 0 aromatic heterocycles. The molecule has 0 aliphatic carbocycles. The van der Waals surface area contributed by atoms with Gasteiger partial charge in [-0.15, -0.1) is 0 Å². The zero-order chi connectivity index (χ0) is 33.1. The molecule has 0 rings (SSSR count). The fourth-order valence-electron chi connectivity index (χ4n) is 5.23. The second-order valence-electron chi connectivity index (χ2n) is 13.0. The van der Waals surface area contributed by atoms with Crippen LogP contribution in [0.15, 0.2) is 48.6 Å². The van der Waals surface area contributed by atoms with Gasteiger partial charge >= 0.3 is 153 Å². The molecule has 0 saturated carbocycles. The predicted octanol–water partition coefficient (Wildman–Crippen LogP) is 13.2. The van der Waals surface area contributed by atoms with E-state index in [-0.39, 0.29) is 11.8 Å². The molecule has 1 atom stereocenters. The topological polar surface area (TPSA) is 43.4 Å². The molecule has 0 aromatic rings. The molecular weight excluding hydrogens is 615 g/mol. The molecule has 0 fully saturated rings. The van der Waals surface area contributed by atoms with Crippen LogP contribution in [0.25, 0.3) is 0 Å². The van der Waals surface area contributed by atoms with Crippen LogP contribution in [0, 0.1) is 0 Å². The Morgan fingerprint density at radius 3 is 1.42 bits per heavy atom. The van der Waals surface area contributed by atoms with Crippen molar-refractivity contribution in [1.82, 2.24) is 0 Å². The zero-order valence-electron chi connectivity index (χ0n) is 30.3. The van der Waals surface area contributed by atoms with Gasteiger partial charge in [0.05, 0.1) is 0 Å². The van der Waals surface area contributed by atoms with Gasteiger partial charge in [-0.3, -0.25) is 0 Å². The summed E-state index contributed by atoms with van der Waals surface area (Å²) in [5.74, 6) is -0.0277. The Bertz CT molecular complexity index is 780. The Labute approximate surface area is 285 Å². The molecule has 0 aromatic carbocycles. The summed E-state index contributed by atoms with van der Waals surface area (Å²) in [6, 6.07) is 0. The summed E-state index contributed by atoms with van der Waals surface area (Å²) >= 11 is -0.865. The monoisotopic (exact) mass is 688 g/mol. The number of carbonyl (C=O) groups excluding carboxylic acids is 2. The van der Waals surface area contributed by atoms with Crippen molar-refractivity contribution in [3.05, 3.63) is 48.6 Å². The molecule has 0 radical (unpaired) electrons. The van der Waals surface area contributed by atoms with Crippen LogP contribution in [0.3, 0.4) is 0 Å². The van der Waals surface area contributed by atoms with Gasteiger partial charge in [0.25, 0.3) is 0 Å². The van der Waals surface area contributed by atoms with Crippen LogP contribution in [0.2, 0.25) is 16.6 Å². The van der Waals surface area contributed by atoms with Crippen molar-refractivity contribution in [2.75, 3.05) is 0 Å². The third kappa shape index (κ3) is 33.8. The molecule has 0 amide bonds. The summed E-state index contributed by atoms with van der Waals surface area (Å²) in [6.07, 6.45) is 45.6. The second kappa shape index (κ2) is 35.5. The first-order valence-corrected chi connectivity index (χ1v) is 24.1. The van der Waals surface area contributed by atoms with Crippen molar-refractivity contribution >= 4 is 26.4 Å². The molecule has 4 heteroatoms.